The molecule has 0 aliphatic heterocycles. The summed E-state index contributed by atoms with van der Waals surface area (Å²) in [6, 6.07) is 13.0. The van der Waals surface area contributed by atoms with Crippen molar-refractivity contribution in [1.29, 1.82) is 0 Å². The Morgan fingerprint density at radius 3 is 2.26 bits per heavy atom. The second kappa shape index (κ2) is 10.1. The van der Waals surface area contributed by atoms with Crippen LogP contribution in [0.4, 0.5) is 4.39 Å². The van der Waals surface area contributed by atoms with Gasteiger partial charge >= 0.3 is 0 Å². The Morgan fingerprint density at radius 1 is 1.10 bits per heavy atom. The van der Waals surface area contributed by atoms with Gasteiger partial charge in [-0.05, 0) is 104 Å². The third-order valence-corrected chi connectivity index (χ3v) is 5.65. The molecule has 0 aromatic heterocycles. The molecule has 1 amide bonds. The molecular formula is C23H19Br2FN2O3. The van der Waals surface area contributed by atoms with Gasteiger partial charge in [-0.25, -0.2) is 9.82 Å². The van der Waals surface area contributed by atoms with Crippen molar-refractivity contribution in [2.24, 2.45) is 5.10 Å². The van der Waals surface area contributed by atoms with Gasteiger partial charge in [0, 0.05) is 5.56 Å². The zero-order valence-electron chi connectivity index (χ0n) is 16.7. The normalized spacial score (nSPS) is 11.0. The lowest BCUT2D eigenvalue weighted by atomic mass is 10.1. The maximum atomic E-state index is 13.0. The van der Waals surface area contributed by atoms with Crippen molar-refractivity contribution in [2.45, 2.75) is 20.5 Å². The Morgan fingerprint density at radius 2 is 1.68 bits per heavy atom. The molecule has 3 rings (SSSR count). The van der Waals surface area contributed by atoms with Crippen LogP contribution >= 0.6 is 31.9 Å². The molecule has 0 fully saturated rings. The number of nitrogens with zero attached hydrogens (tertiary/aromatic N) is 1. The quantitative estimate of drug-likeness (QED) is 0.292. The highest BCUT2D eigenvalue weighted by molar-refractivity contribution is 9.11. The Bertz CT molecular complexity index is 1100. The fourth-order valence-corrected chi connectivity index (χ4v) is 4.14. The SMILES string of the molecule is Cc1cc(/C=N\NC(=O)c2cc(Br)c(O)c(Br)c2)cc(C)c1OCc1ccc(F)cc1. The first-order valence-electron chi connectivity index (χ1n) is 9.24. The van der Waals surface area contributed by atoms with E-state index in [1.54, 1.807) is 18.3 Å². The van der Waals surface area contributed by atoms with Gasteiger partial charge in [0.25, 0.3) is 5.91 Å². The highest BCUT2D eigenvalue weighted by Crippen LogP contribution is 2.33. The van der Waals surface area contributed by atoms with E-state index in [4.69, 9.17) is 4.74 Å². The second-order valence-electron chi connectivity index (χ2n) is 6.89. The van der Waals surface area contributed by atoms with Crippen LogP contribution in [0.5, 0.6) is 11.5 Å². The highest BCUT2D eigenvalue weighted by Gasteiger charge is 2.11. The number of ether oxygens (including phenoxy) is 1. The summed E-state index contributed by atoms with van der Waals surface area (Å²) < 4.78 is 19.7. The number of amides is 1. The van der Waals surface area contributed by atoms with Crippen molar-refractivity contribution in [2.75, 3.05) is 0 Å². The van der Waals surface area contributed by atoms with Gasteiger partial charge in [-0.3, -0.25) is 4.79 Å². The molecule has 2 N–H and O–H groups in total. The molecule has 0 aliphatic carbocycles. The van der Waals surface area contributed by atoms with Gasteiger partial charge in [0.05, 0.1) is 15.2 Å². The standard InChI is InChI=1S/C23H19Br2FN2O3/c1-13-7-16(8-14(2)22(13)31-12-15-3-5-18(26)6-4-15)11-27-28-23(30)17-9-19(24)21(29)20(25)10-17/h3-11,29H,12H2,1-2H3,(H,28,30)/b27-11-. The summed E-state index contributed by atoms with van der Waals surface area (Å²) in [5, 5.41) is 13.8. The number of benzene rings is 3. The van der Waals surface area contributed by atoms with Crippen LogP contribution in [-0.4, -0.2) is 17.2 Å². The minimum atomic E-state index is -0.412. The van der Waals surface area contributed by atoms with Crippen LogP contribution in [0.25, 0.3) is 0 Å². The maximum absolute atomic E-state index is 13.0. The number of carbonyl (C=O) groups is 1. The molecule has 0 heterocycles. The summed E-state index contributed by atoms with van der Waals surface area (Å²) in [7, 11) is 0. The summed E-state index contributed by atoms with van der Waals surface area (Å²) in [6.45, 7) is 4.19. The fraction of sp³-hybridized carbons (Fsp3) is 0.130. The van der Waals surface area contributed by atoms with E-state index < -0.39 is 5.91 Å². The number of aromatic hydroxyl groups is 1. The van der Waals surface area contributed by atoms with Gasteiger partial charge in [-0.2, -0.15) is 5.10 Å². The first-order valence-corrected chi connectivity index (χ1v) is 10.8. The molecule has 31 heavy (non-hydrogen) atoms. The number of halogens is 3. The number of hydrogen-bond donors (Lipinski definition) is 2. The number of rotatable bonds is 6. The largest absolute Gasteiger partial charge is 0.506 e. The minimum absolute atomic E-state index is 0.0211. The molecule has 0 atom stereocenters. The monoisotopic (exact) mass is 548 g/mol. The second-order valence-corrected chi connectivity index (χ2v) is 8.60. The fourth-order valence-electron chi connectivity index (χ4n) is 2.95. The molecule has 3 aromatic rings. The molecule has 0 unspecified atom stereocenters. The van der Waals surface area contributed by atoms with E-state index in [0.717, 1.165) is 28.0 Å². The zero-order chi connectivity index (χ0) is 22.5. The number of hydrogen-bond acceptors (Lipinski definition) is 4. The van der Waals surface area contributed by atoms with Crippen molar-refractivity contribution >= 4 is 44.0 Å². The lowest BCUT2D eigenvalue weighted by Gasteiger charge is -2.13. The Hall–Kier alpha value is -2.71. The number of phenolic OH excluding ortho intramolecular Hbond substituents is 1. The van der Waals surface area contributed by atoms with Crippen LogP contribution < -0.4 is 10.2 Å². The smallest absolute Gasteiger partial charge is 0.271 e. The van der Waals surface area contributed by atoms with Gasteiger partial charge in [-0.15, -0.1) is 0 Å². The number of nitrogens with one attached hydrogen (secondary N) is 1. The van der Waals surface area contributed by atoms with Crippen molar-refractivity contribution in [3.05, 3.63) is 91.1 Å². The Balaban J connectivity index is 1.66. The number of aryl methyl sites for hydroxylation is 2. The van der Waals surface area contributed by atoms with Crippen LogP contribution in [-0.2, 0) is 6.61 Å². The molecule has 3 aromatic carbocycles. The van der Waals surface area contributed by atoms with Crippen molar-refractivity contribution in [1.82, 2.24) is 5.43 Å². The summed E-state index contributed by atoms with van der Waals surface area (Å²) in [5.41, 5.74) is 6.32. The summed E-state index contributed by atoms with van der Waals surface area (Å²) in [5.74, 6) is 0.0833. The lowest BCUT2D eigenvalue weighted by molar-refractivity contribution is 0.0955. The molecule has 8 heteroatoms. The summed E-state index contributed by atoms with van der Waals surface area (Å²) in [6.07, 6.45) is 1.55. The van der Waals surface area contributed by atoms with E-state index in [1.165, 1.54) is 24.3 Å². The molecule has 160 valence electrons. The molecule has 0 radical (unpaired) electrons. The maximum Gasteiger partial charge on any atom is 0.271 e. The predicted molar refractivity (Wildman–Crippen MR) is 125 cm³/mol. The van der Waals surface area contributed by atoms with E-state index >= 15 is 0 Å². The van der Waals surface area contributed by atoms with Gasteiger partial charge in [0.15, 0.2) is 0 Å². The third kappa shape index (κ3) is 5.92. The van der Waals surface area contributed by atoms with Crippen LogP contribution in [0.3, 0.4) is 0 Å². The van der Waals surface area contributed by atoms with Crippen LogP contribution in [0.1, 0.15) is 32.6 Å². The van der Waals surface area contributed by atoms with Gasteiger partial charge < -0.3 is 9.84 Å². The number of carbonyl (C=O) groups excluding carboxylic acids is 1. The van der Waals surface area contributed by atoms with E-state index in [9.17, 15) is 14.3 Å². The molecule has 0 bridgehead atoms. The average Bonchev–Trinajstić information content (AvgIpc) is 2.72. The molecule has 0 saturated heterocycles. The predicted octanol–water partition coefficient (Wildman–Crippen LogP) is 6.02. The minimum Gasteiger partial charge on any atom is -0.506 e. The van der Waals surface area contributed by atoms with Gasteiger partial charge in [-0.1, -0.05) is 12.1 Å². The van der Waals surface area contributed by atoms with E-state index in [-0.39, 0.29) is 11.6 Å². The Labute approximate surface area is 196 Å². The van der Waals surface area contributed by atoms with Crippen LogP contribution in [0.15, 0.2) is 62.6 Å². The average molecular weight is 550 g/mol. The molecule has 0 spiro atoms. The van der Waals surface area contributed by atoms with Crippen LogP contribution in [0.2, 0.25) is 0 Å². The first-order chi connectivity index (χ1) is 14.7. The zero-order valence-corrected chi connectivity index (χ0v) is 19.9. The van der Waals surface area contributed by atoms with Crippen LogP contribution in [0, 0.1) is 19.7 Å². The van der Waals surface area contributed by atoms with Crippen molar-refractivity contribution in [3.8, 4) is 11.5 Å². The van der Waals surface area contributed by atoms with E-state index in [2.05, 4.69) is 42.4 Å². The van der Waals surface area contributed by atoms with Gasteiger partial charge in [0.2, 0.25) is 0 Å². The summed E-state index contributed by atoms with van der Waals surface area (Å²) in [4.78, 5) is 12.3. The van der Waals surface area contributed by atoms with E-state index in [0.29, 0.717) is 21.1 Å². The first kappa shape index (κ1) is 23.0. The molecule has 0 aliphatic rings. The number of phenols is 1. The molecule has 0 saturated carbocycles. The molecule has 5 nitrogen and oxygen atoms in total. The van der Waals surface area contributed by atoms with Gasteiger partial charge in [0.1, 0.15) is 23.9 Å². The highest BCUT2D eigenvalue weighted by atomic mass is 79.9. The number of hydrazone groups is 1. The topological polar surface area (TPSA) is 70.9 Å². The van der Waals surface area contributed by atoms with E-state index in [1.807, 2.05) is 26.0 Å². The Kier molecular flexibility index (Phi) is 7.46. The summed E-state index contributed by atoms with van der Waals surface area (Å²) >= 11 is 6.39. The molecular weight excluding hydrogens is 531 g/mol. The lowest BCUT2D eigenvalue weighted by Crippen LogP contribution is -2.17. The van der Waals surface area contributed by atoms with Crippen molar-refractivity contribution < 1.29 is 19.0 Å². The van der Waals surface area contributed by atoms with Crippen molar-refractivity contribution in [3.63, 3.8) is 0 Å². The third-order valence-electron chi connectivity index (χ3n) is 4.44.